The summed E-state index contributed by atoms with van der Waals surface area (Å²) in [6.45, 7) is 2.22. The maximum absolute atomic E-state index is 12.4. The summed E-state index contributed by atoms with van der Waals surface area (Å²) in [5, 5.41) is 12.4. The molecule has 0 atom stereocenters. The monoisotopic (exact) mass is 334 g/mol. The number of nitriles is 1. The Kier molecular flexibility index (Phi) is 4.64. The van der Waals surface area contributed by atoms with Crippen molar-refractivity contribution in [3.63, 3.8) is 0 Å². The zero-order chi connectivity index (χ0) is 16.9. The molecule has 1 amide bonds. The molecule has 24 heavy (non-hydrogen) atoms. The molecule has 0 unspecified atom stereocenters. The summed E-state index contributed by atoms with van der Waals surface area (Å²) in [4.78, 5) is 21.7. The predicted molar refractivity (Wildman–Crippen MR) is 92.4 cm³/mol. The topological polar surface area (TPSA) is 78.7 Å². The number of aromatic nitrogens is 2. The number of hydrogen-bond acceptors (Lipinski definition) is 5. The minimum atomic E-state index is -0.156. The van der Waals surface area contributed by atoms with Crippen molar-refractivity contribution in [2.24, 2.45) is 0 Å². The van der Waals surface area contributed by atoms with E-state index >= 15 is 0 Å². The number of aryl methyl sites for hydroxylation is 1. The van der Waals surface area contributed by atoms with Crippen molar-refractivity contribution < 1.29 is 4.79 Å². The quantitative estimate of drug-likeness (QED) is 0.794. The Hall–Kier alpha value is -3.04. The Labute approximate surface area is 143 Å². The van der Waals surface area contributed by atoms with Crippen LogP contribution in [0.3, 0.4) is 0 Å². The van der Waals surface area contributed by atoms with Gasteiger partial charge in [-0.1, -0.05) is 18.2 Å². The standard InChI is InChI=1S/C18H14N4OS/c1-12-16(24-18(22-12)15-4-2-3-9-20-15)17(23)21-11-14-7-5-13(10-19)6-8-14/h2-9H,11H2,1H3,(H,21,23). The molecule has 1 aromatic carbocycles. The van der Waals surface area contributed by atoms with Gasteiger partial charge in [-0.2, -0.15) is 5.26 Å². The molecule has 0 spiro atoms. The van der Waals surface area contributed by atoms with Gasteiger partial charge in [-0.05, 0) is 36.8 Å². The fourth-order valence-corrected chi connectivity index (χ4v) is 3.13. The summed E-state index contributed by atoms with van der Waals surface area (Å²) in [7, 11) is 0. The SMILES string of the molecule is Cc1nc(-c2ccccn2)sc1C(=O)NCc1ccc(C#N)cc1. The number of thiazole rings is 1. The number of nitrogens with one attached hydrogen (secondary N) is 1. The van der Waals surface area contributed by atoms with Gasteiger partial charge in [-0.15, -0.1) is 11.3 Å². The highest BCUT2D eigenvalue weighted by molar-refractivity contribution is 7.17. The van der Waals surface area contributed by atoms with Gasteiger partial charge in [0, 0.05) is 12.7 Å². The van der Waals surface area contributed by atoms with Crippen LogP contribution in [0.2, 0.25) is 0 Å². The lowest BCUT2D eigenvalue weighted by Gasteiger charge is -2.04. The molecule has 2 aromatic heterocycles. The molecule has 0 bridgehead atoms. The summed E-state index contributed by atoms with van der Waals surface area (Å²) in [5.41, 5.74) is 2.99. The second kappa shape index (κ2) is 7.02. The van der Waals surface area contributed by atoms with E-state index in [1.54, 1.807) is 18.3 Å². The average molecular weight is 334 g/mol. The Bertz CT molecular complexity index is 895. The van der Waals surface area contributed by atoms with Crippen molar-refractivity contribution >= 4 is 17.2 Å². The Balaban J connectivity index is 1.71. The Morgan fingerprint density at radius 2 is 2.04 bits per heavy atom. The van der Waals surface area contributed by atoms with Gasteiger partial charge in [0.2, 0.25) is 0 Å². The van der Waals surface area contributed by atoms with E-state index in [2.05, 4.69) is 21.4 Å². The Morgan fingerprint density at radius 1 is 1.25 bits per heavy atom. The van der Waals surface area contributed by atoms with Gasteiger partial charge in [0.1, 0.15) is 9.88 Å². The van der Waals surface area contributed by atoms with Crippen molar-refractivity contribution in [3.8, 4) is 16.8 Å². The van der Waals surface area contributed by atoms with Crippen LogP contribution in [0.15, 0.2) is 48.7 Å². The van der Waals surface area contributed by atoms with E-state index in [4.69, 9.17) is 5.26 Å². The predicted octanol–water partition coefficient (Wildman–Crippen LogP) is 3.32. The summed E-state index contributed by atoms with van der Waals surface area (Å²) in [5.74, 6) is -0.156. The zero-order valence-corrected chi connectivity index (χ0v) is 13.8. The van der Waals surface area contributed by atoms with Crippen molar-refractivity contribution in [3.05, 3.63) is 70.4 Å². The van der Waals surface area contributed by atoms with Crippen molar-refractivity contribution in [2.45, 2.75) is 13.5 Å². The molecule has 2 heterocycles. The maximum Gasteiger partial charge on any atom is 0.263 e. The smallest absolute Gasteiger partial charge is 0.263 e. The number of carbonyl (C=O) groups is 1. The van der Waals surface area contributed by atoms with Crippen LogP contribution in [-0.2, 0) is 6.54 Å². The first-order valence-corrected chi connectivity index (χ1v) is 8.15. The third-order valence-corrected chi connectivity index (χ3v) is 4.60. The van der Waals surface area contributed by atoms with E-state index in [0.717, 1.165) is 16.3 Å². The van der Waals surface area contributed by atoms with Crippen LogP contribution in [0.5, 0.6) is 0 Å². The number of hydrogen-bond donors (Lipinski definition) is 1. The van der Waals surface area contributed by atoms with Crippen LogP contribution >= 0.6 is 11.3 Å². The summed E-state index contributed by atoms with van der Waals surface area (Å²) >= 11 is 1.33. The molecule has 6 heteroatoms. The molecular weight excluding hydrogens is 320 g/mol. The lowest BCUT2D eigenvalue weighted by Crippen LogP contribution is -2.22. The largest absolute Gasteiger partial charge is 0.347 e. The van der Waals surface area contributed by atoms with Gasteiger partial charge in [0.05, 0.1) is 23.0 Å². The molecule has 1 N–H and O–H groups in total. The number of benzene rings is 1. The number of rotatable bonds is 4. The molecule has 0 radical (unpaired) electrons. The highest BCUT2D eigenvalue weighted by atomic mass is 32.1. The fourth-order valence-electron chi connectivity index (χ4n) is 2.17. The third-order valence-electron chi connectivity index (χ3n) is 3.42. The van der Waals surface area contributed by atoms with Gasteiger partial charge >= 0.3 is 0 Å². The van der Waals surface area contributed by atoms with Crippen LogP contribution in [0.1, 0.15) is 26.5 Å². The first-order valence-electron chi connectivity index (χ1n) is 7.33. The van der Waals surface area contributed by atoms with E-state index in [-0.39, 0.29) is 5.91 Å². The van der Waals surface area contributed by atoms with E-state index in [9.17, 15) is 4.79 Å². The normalized spacial score (nSPS) is 10.2. The molecule has 118 valence electrons. The molecule has 0 aliphatic heterocycles. The minimum absolute atomic E-state index is 0.156. The van der Waals surface area contributed by atoms with Gasteiger partial charge in [0.25, 0.3) is 5.91 Å². The third kappa shape index (κ3) is 3.47. The molecule has 3 rings (SSSR count). The van der Waals surface area contributed by atoms with Crippen molar-refractivity contribution in [1.82, 2.24) is 15.3 Å². The fraction of sp³-hybridized carbons (Fsp3) is 0.111. The van der Waals surface area contributed by atoms with E-state index < -0.39 is 0 Å². The second-order valence-electron chi connectivity index (χ2n) is 5.14. The van der Waals surface area contributed by atoms with Gasteiger partial charge in [-0.25, -0.2) is 4.98 Å². The average Bonchev–Trinajstić information content (AvgIpc) is 3.03. The van der Waals surface area contributed by atoms with E-state index in [1.807, 2.05) is 37.3 Å². The number of amides is 1. The van der Waals surface area contributed by atoms with Crippen LogP contribution in [0.4, 0.5) is 0 Å². The second-order valence-corrected chi connectivity index (χ2v) is 6.14. The van der Waals surface area contributed by atoms with E-state index in [1.165, 1.54) is 11.3 Å². The van der Waals surface area contributed by atoms with Gasteiger partial charge in [-0.3, -0.25) is 9.78 Å². The lowest BCUT2D eigenvalue weighted by molar-refractivity contribution is 0.0954. The van der Waals surface area contributed by atoms with Crippen molar-refractivity contribution in [2.75, 3.05) is 0 Å². The number of carbonyl (C=O) groups excluding carboxylic acids is 1. The molecule has 3 aromatic rings. The maximum atomic E-state index is 12.4. The van der Waals surface area contributed by atoms with Crippen LogP contribution in [-0.4, -0.2) is 15.9 Å². The minimum Gasteiger partial charge on any atom is -0.347 e. The Morgan fingerprint density at radius 3 is 2.71 bits per heavy atom. The molecule has 0 saturated carbocycles. The molecule has 0 aliphatic rings. The first-order chi connectivity index (χ1) is 11.7. The highest BCUT2D eigenvalue weighted by Gasteiger charge is 2.16. The summed E-state index contributed by atoms with van der Waals surface area (Å²) in [6, 6.07) is 14.8. The van der Waals surface area contributed by atoms with Crippen LogP contribution in [0.25, 0.3) is 10.7 Å². The van der Waals surface area contributed by atoms with Crippen LogP contribution in [0, 0.1) is 18.3 Å². The molecule has 0 aliphatic carbocycles. The molecular formula is C18H14N4OS. The molecule has 0 fully saturated rings. The van der Waals surface area contributed by atoms with Crippen LogP contribution < -0.4 is 5.32 Å². The highest BCUT2D eigenvalue weighted by Crippen LogP contribution is 2.26. The van der Waals surface area contributed by atoms with Gasteiger partial charge < -0.3 is 5.32 Å². The summed E-state index contributed by atoms with van der Waals surface area (Å²) in [6.07, 6.45) is 1.71. The molecule has 0 saturated heterocycles. The lowest BCUT2D eigenvalue weighted by atomic mass is 10.1. The number of pyridine rings is 1. The van der Waals surface area contributed by atoms with Crippen molar-refractivity contribution in [1.29, 1.82) is 5.26 Å². The zero-order valence-electron chi connectivity index (χ0n) is 13.0. The summed E-state index contributed by atoms with van der Waals surface area (Å²) < 4.78 is 0. The van der Waals surface area contributed by atoms with E-state index in [0.29, 0.717) is 22.7 Å². The molecule has 5 nitrogen and oxygen atoms in total. The first kappa shape index (κ1) is 15.8. The van der Waals surface area contributed by atoms with Gasteiger partial charge in [0.15, 0.2) is 0 Å². The number of nitrogens with zero attached hydrogens (tertiary/aromatic N) is 3.